The van der Waals surface area contributed by atoms with Crippen LogP contribution in [0.25, 0.3) is 0 Å². The Hall–Kier alpha value is -1.23. The van der Waals surface area contributed by atoms with Crippen LogP contribution in [-0.2, 0) is 0 Å². The van der Waals surface area contributed by atoms with Crippen molar-refractivity contribution in [2.75, 3.05) is 18.5 Å². The molecule has 1 aromatic heterocycles. The summed E-state index contributed by atoms with van der Waals surface area (Å²) in [6.45, 7) is 2.46. The number of thiocarbonyl (C=S) groups is 1. The first-order chi connectivity index (χ1) is 7.02. The molecule has 15 heavy (non-hydrogen) atoms. The number of rotatable bonds is 4. The first-order valence-electron chi connectivity index (χ1n) is 4.63. The number of nitrogens with zero attached hydrogens (tertiary/aromatic N) is 2. The number of aromatic nitrogens is 1. The first-order valence-corrected chi connectivity index (χ1v) is 5.04. The van der Waals surface area contributed by atoms with Crippen LogP contribution in [0.3, 0.4) is 0 Å². The monoisotopic (exact) mass is 227 g/mol. The quantitative estimate of drug-likeness (QED) is 0.793. The second-order valence-corrected chi connectivity index (χ2v) is 3.96. The number of hydrogen-bond donors (Lipinski definition) is 1. The van der Waals surface area contributed by atoms with E-state index in [0.29, 0.717) is 17.4 Å². The van der Waals surface area contributed by atoms with E-state index < -0.39 is 0 Å². The standard InChI is InChI=1S/C10H14FN3S/c1-7(9(12)15)6-14(2)10-8(11)4-3-5-13-10/h3-5,7H,6H2,1-2H3,(H2,12,15). The lowest BCUT2D eigenvalue weighted by Crippen LogP contribution is -2.32. The minimum atomic E-state index is -0.338. The molecule has 3 nitrogen and oxygen atoms in total. The smallest absolute Gasteiger partial charge is 0.165 e. The van der Waals surface area contributed by atoms with Crippen LogP contribution in [0.5, 0.6) is 0 Å². The predicted molar refractivity (Wildman–Crippen MR) is 63.4 cm³/mol. The van der Waals surface area contributed by atoms with Crippen molar-refractivity contribution in [3.8, 4) is 0 Å². The Morgan fingerprint density at radius 3 is 2.93 bits per heavy atom. The number of halogens is 1. The Morgan fingerprint density at radius 2 is 2.40 bits per heavy atom. The minimum Gasteiger partial charge on any atom is -0.393 e. The molecule has 0 spiro atoms. The van der Waals surface area contributed by atoms with Crippen LogP contribution < -0.4 is 10.6 Å². The van der Waals surface area contributed by atoms with Crippen LogP contribution in [0.4, 0.5) is 10.2 Å². The van der Waals surface area contributed by atoms with Crippen molar-refractivity contribution >= 4 is 23.0 Å². The van der Waals surface area contributed by atoms with Gasteiger partial charge in [0.2, 0.25) is 0 Å². The molecule has 1 unspecified atom stereocenters. The molecule has 0 fully saturated rings. The zero-order valence-corrected chi connectivity index (χ0v) is 9.59. The number of pyridine rings is 1. The Bertz CT molecular complexity index is 356. The molecule has 1 aromatic rings. The van der Waals surface area contributed by atoms with Crippen molar-refractivity contribution in [3.63, 3.8) is 0 Å². The molecule has 0 aliphatic heterocycles. The maximum absolute atomic E-state index is 13.3. The number of anilines is 1. The molecule has 1 rings (SSSR count). The molecule has 0 saturated heterocycles. The zero-order chi connectivity index (χ0) is 11.4. The molecule has 2 N–H and O–H groups in total. The molecule has 0 saturated carbocycles. The predicted octanol–water partition coefficient (Wildman–Crippen LogP) is 1.58. The van der Waals surface area contributed by atoms with E-state index in [9.17, 15) is 4.39 Å². The van der Waals surface area contributed by atoms with E-state index in [1.165, 1.54) is 6.07 Å². The van der Waals surface area contributed by atoms with Gasteiger partial charge in [-0.1, -0.05) is 19.1 Å². The lowest BCUT2D eigenvalue weighted by atomic mass is 10.2. The molecular weight excluding hydrogens is 213 g/mol. The van der Waals surface area contributed by atoms with E-state index in [4.69, 9.17) is 18.0 Å². The van der Waals surface area contributed by atoms with Gasteiger partial charge in [0.15, 0.2) is 11.6 Å². The van der Waals surface area contributed by atoms with Crippen molar-refractivity contribution in [1.29, 1.82) is 0 Å². The Kier molecular flexibility index (Phi) is 3.96. The van der Waals surface area contributed by atoms with Gasteiger partial charge in [-0.25, -0.2) is 9.37 Å². The van der Waals surface area contributed by atoms with E-state index in [2.05, 4.69) is 4.98 Å². The van der Waals surface area contributed by atoms with Crippen molar-refractivity contribution < 1.29 is 4.39 Å². The third kappa shape index (κ3) is 3.13. The molecule has 0 radical (unpaired) electrons. The lowest BCUT2D eigenvalue weighted by molar-refractivity contribution is 0.609. The summed E-state index contributed by atoms with van der Waals surface area (Å²) >= 11 is 4.86. The summed E-state index contributed by atoms with van der Waals surface area (Å²) in [4.78, 5) is 6.09. The largest absolute Gasteiger partial charge is 0.393 e. The van der Waals surface area contributed by atoms with Gasteiger partial charge in [0.1, 0.15) is 0 Å². The summed E-state index contributed by atoms with van der Waals surface area (Å²) in [5.41, 5.74) is 5.49. The normalized spacial score (nSPS) is 12.2. The first kappa shape index (κ1) is 11.8. The average molecular weight is 227 g/mol. The van der Waals surface area contributed by atoms with Gasteiger partial charge < -0.3 is 10.6 Å². The fourth-order valence-corrected chi connectivity index (χ4v) is 1.32. The van der Waals surface area contributed by atoms with E-state index in [-0.39, 0.29) is 11.7 Å². The van der Waals surface area contributed by atoms with Gasteiger partial charge in [-0.15, -0.1) is 0 Å². The van der Waals surface area contributed by atoms with Gasteiger partial charge in [-0.05, 0) is 12.1 Å². The summed E-state index contributed by atoms with van der Waals surface area (Å²) < 4.78 is 13.3. The fourth-order valence-electron chi connectivity index (χ4n) is 1.25. The van der Waals surface area contributed by atoms with Crippen molar-refractivity contribution in [2.45, 2.75) is 6.92 Å². The molecule has 82 valence electrons. The second-order valence-electron chi connectivity index (χ2n) is 3.49. The summed E-state index contributed by atoms with van der Waals surface area (Å²) in [7, 11) is 1.76. The molecule has 0 aliphatic carbocycles. The number of hydrogen-bond acceptors (Lipinski definition) is 3. The lowest BCUT2D eigenvalue weighted by Gasteiger charge is -2.21. The third-order valence-corrected chi connectivity index (χ3v) is 2.54. The van der Waals surface area contributed by atoms with Crippen LogP contribution in [0.15, 0.2) is 18.3 Å². The van der Waals surface area contributed by atoms with Crippen molar-refractivity contribution in [3.05, 3.63) is 24.1 Å². The van der Waals surface area contributed by atoms with Gasteiger partial charge >= 0.3 is 0 Å². The van der Waals surface area contributed by atoms with Crippen LogP contribution in [0, 0.1) is 11.7 Å². The second kappa shape index (κ2) is 5.02. The summed E-state index contributed by atoms with van der Waals surface area (Å²) in [5, 5.41) is 0. The van der Waals surface area contributed by atoms with Crippen LogP contribution in [-0.4, -0.2) is 23.6 Å². The van der Waals surface area contributed by atoms with Gasteiger partial charge in [-0.3, -0.25) is 0 Å². The summed E-state index contributed by atoms with van der Waals surface area (Å²) in [5.74, 6) is 0.0159. The number of nitrogens with two attached hydrogens (primary N) is 1. The summed E-state index contributed by atoms with van der Waals surface area (Å²) in [6, 6.07) is 2.94. The molecule has 0 aromatic carbocycles. The van der Waals surface area contributed by atoms with Gasteiger partial charge in [-0.2, -0.15) is 0 Å². The maximum atomic E-state index is 13.3. The topological polar surface area (TPSA) is 42.2 Å². The highest BCUT2D eigenvalue weighted by atomic mass is 32.1. The maximum Gasteiger partial charge on any atom is 0.165 e. The molecular formula is C10H14FN3S. The van der Waals surface area contributed by atoms with Crippen LogP contribution in [0.1, 0.15) is 6.92 Å². The van der Waals surface area contributed by atoms with Gasteiger partial charge in [0.25, 0.3) is 0 Å². The van der Waals surface area contributed by atoms with Crippen LogP contribution in [0.2, 0.25) is 0 Å². The Balaban J connectivity index is 2.73. The molecule has 1 atom stereocenters. The van der Waals surface area contributed by atoms with Crippen LogP contribution >= 0.6 is 12.2 Å². The van der Waals surface area contributed by atoms with E-state index >= 15 is 0 Å². The SMILES string of the molecule is CC(CN(C)c1ncccc1F)C(N)=S. The molecule has 1 heterocycles. The molecule has 0 aliphatic rings. The van der Waals surface area contributed by atoms with E-state index in [0.717, 1.165) is 0 Å². The fraction of sp³-hybridized carbons (Fsp3) is 0.400. The minimum absolute atomic E-state index is 0.0337. The Morgan fingerprint density at radius 1 is 1.73 bits per heavy atom. The molecule has 0 amide bonds. The van der Waals surface area contributed by atoms with E-state index in [1.54, 1.807) is 24.2 Å². The zero-order valence-electron chi connectivity index (χ0n) is 8.77. The van der Waals surface area contributed by atoms with Crippen molar-refractivity contribution in [2.24, 2.45) is 11.7 Å². The third-order valence-electron chi connectivity index (χ3n) is 2.13. The van der Waals surface area contributed by atoms with E-state index in [1.807, 2.05) is 6.92 Å². The highest BCUT2D eigenvalue weighted by Crippen LogP contribution is 2.14. The summed E-state index contributed by atoms with van der Waals surface area (Å²) in [6.07, 6.45) is 1.56. The van der Waals surface area contributed by atoms with Crippen molar-refractivity contribution in [1.82, 2.24) is 4.98 Å². The molecule has 0 bridgehead atoms. The highest BCUT2D eigenvalue weighted by molar-refractivity contribution is 7.80. The van der Waals surface area contributed by atoms with Gasteiger partial charge in [0, 0.05) is 25.7 Å². The molecule has 5 heteroatoms. The van der Waals surface area contributed by atoms with Gasteiger partial charge in [0.05, 0.1) is 4.99 Å². The average Bonchev–Trinajstić information content (AvgIpc) is 2.18. The Labute approximate surface area is 94.1 Å². The highest BCUT2D eigenvalue weighted by Gasteiger charge is 2.13.